The minimum absolute atomic E-state index is 0.0123. The fourth-order valence-electron chi connectivity index (χ4n) is 1.43. The molecule has 6 heteroatoms. The number of hydrogen-bond donors (Lipinski definition) is 1. The Morgan fingerprint density at radius 2 is 1.93 bits per heavy atom. The Labute approximate surface area is 86.0 Å². The third-order valence-electron chi connectivity index (χ3n) is 2.17. The number of hydrogen-bond acceptors (Lipinski definition) is 4. The van der Waals surface area contributed by atoms with Crippen LogP contribution in [0.2, 0.25) is 0 Å². The molecule has 78 valence electrons. The van der Waals surface area contributed by atoms with Crippen LogP contribution >= 0.6 is 0 Å². The molecule has 0 bridgehead atoms. The molecule has 1 aliphatic heterocycles. The Bertz CT molecular complexity index is 535. The second kappa shape index (κ2) is 3.16. The molecular weight excluding hydrogens is 218 g/mol. The van der Waals surface area contributed by atoms with Gasteiger partial charge in [-0.15, -0.1) is 0 Å². The minimum atomic E-state index is -3.86. The van der Waals surface area contributed by atoms with Crippen molar-refractivity contribution in [1.82, 2.24) is 0 Å². The number of carbonyl (C=O) groups is 2. The monoisotopic (exact) mass is 225 g/mol. The molecule has 1 atom stereocenters. The van der Waals surface area contributed by atoms with E-state index >= 15 is 0 Å². The summed E-state index contributed by atoms with van der Waals surface area (Å²) >= 11 is 0. The van der Waals surface area contributed by atoms with Crippen LogP contribution in [0.4, 0.5) is 5.69 Å². The molecule has 0 saturated carbocycles. The molecule has 1 heterocycles. The lowest BCUT2D eigenvalue weighted by Gasteiger charge is -2.20. The molecule has 0 radical (unpaired) electrons. The molecule has 1 aliphatic rings. The Morgan fingerprint density at radius 1 is 1.27 bits per heavy atom. The molecule has 1 N–H and O–H groups in total. The van der Waals surface area contributed by atoms with Crippen molar-refractivity contribution in [3.8, 4) is 0 Å². The molecule has 0 spiro atoms. The molecule has 1 aromatic carbocycles. The van der Waals surface area contributed by atoms with Crippen LogP contribution in [-0.4, -0.2) is 25.9 Å². The van der Waals surface area contributed by atoms with Crippen molar-refractivity contribution in [1.29, 1.82) is 0 Å². The topological polar surface area (TPSA) is 80.3 Å². The summed E-state index contributed by atoms with van der Waals surface area (Å²) in [6, 6.07) is 5.98. The molecule has 0 fully saturated rings. The van der Waals surface area contributed by atoms with Gasteiger partial charge in [-0.3, -0.25) is 4.79 Å². The first-order chi connectivity index (χ1) is 7.07. The minimum Gasteiger partial charge on any atom is -0.323 e. The first-order valence-electron chi connectivity index (χ1n) is 4.16. The van der Waals surface area contributed by atoms with E-state index < -0.39 is 21.0 Å². The normalized spacial score (nSPS) is 22.7. The Hall–Kier alpha value is -1.69. The van der Waals surface area contributed by atoms with Gasteiger partial charge < -0.3 is 10.1 Å². The van der Waals surface area contributed by atoms with Crippen molar-refractivity contribution in [2.24, 2.45) is 0 Å². The van der Waals surface area contributed by atoms with E-state index in [1.165, 1.54) is 18.2 Å². The van der Waals surface area contributed by atoms with E-state index in [9.17, 15) is 18.0 Å². The van der Waals surface area contributed by atoms with E-state index in [4.69, 9.17) is 0 Å². The highest BCUT2D eigenvalue weighted by Crippen LogP contribution is 2.28. The quantitative estimate of drug-likeness (QED) is 0.538. The van der Waals surface area contributed by atoms with Crippen LogP contribution in [0.25, 0.3) is 0 Å². The van der Waals surface area contributed by atoms with Gasteiger partial charge in [0.2, 0.25) is 5.91 Å². The van der Waals surface area contributed by atoms with Crippen LogP contribution in [0.1, 0.15) is 0 Å². The second-order valence-corrected chi connectivity index (χ2v) is 5.12. The molecule has 1 aromatic rings. The van der Waals surface area contributed by atoms with Gasteiger partial charge in [0.05, 0.1) is 10.6 Å². The number of para-hydroxylation sites is 1. The number of benzene rings is 1. The van der Waals surface area contributed by atoms with Gasteiger partial charge >= 0.3 is 0 Å². The molecule has 5 nitrogen and oxygen atoms in total. The fraction of sp³-hybridized carbons (Fsp3) is 0.111. The van der Waals surface area contributed by atoms with Crippen molar-refractivity contribution >= 4 is 27.7 Å². The Kier molecular flexibility index (Phi) is 2.08. The Morgan fingerprint density at radius 3 is 2.60 bits per heavy atom. The maximum atomic E-state index is 11.8. The van der Waals surface area contributed by atoms with E-state index in [1.807, 2.05) is 0 Å². The number of amides is 1. The second-order valence-electron chi connectivity index (χ2n) is 3.09. The molecule has 1 unspecified atom stereocenters. The average Bonchev–Trinajstić information content (AvgIpc) is 2.17. The standard InChI is InChI=1S/C9H7NO4S/c11-5-8-9(12)10-6-3-1-2-4-7(6)15(8,13)14/h1-5,8H,(H,10,12). The lowest BCUT2D eigenvalue weighted by atomic mass is 10.3. The van der Waals surface area contributed by atoms with E-state index in [2.05, 4.69) is 5.32 Å². The molecule has 0 aromatic heterocycles. The van der Waals surface area contributed by atoms with Crippen LogP contribution in [-0.2, 0) is 19.4 Å². The fourth-order valence-corrected chi connectivity index (χ4v) is 2.89. The molecule has 0 saturated heterocycles. The van der Waals surface area contributed by atoms with Gasteiger partial charge in [0.1, 0.15) is 6.29 Å². The van der Waals surface area contributed by atoms with Crippen molar-refractivity contribution in [2.45, 2.75) is 10.1 Å². The molecule has 2 rings (SSSR count). The van der Waals surface area contributed by atoms with Gasteiger partial charge in [-0.2, -0.15) is 0 Å². The highest BCUT2D eigenvalue weighted by molar-refractivity contribution is 7.93. The number of aldehydes is 1. The van der Waals surface area contributed by atoms with Gasteiger partial charge in [-0.05, 0) is 12.1 Å². The predicted octanol–water partition coefficient (Wildman–Crippen LogP) is -0.0201. The predicted molar refractivity (Wildman–Crippen MR) is 52.1 cm³/mol. The van der Waals surface area contributed by atoms with Crippen molar-refractivity contribution in [3.05, 3.63) is 24.3 Å². The largest absolute Gasteiger partial charge is 0.323 e. The smallest absolute Gasteiger partial charge is 0.250 e. The zero-order valence-electron chi connectivity index (χ0n) is 7.51. The highest BCUT2D eigenvalue weighted by Gasteiger charge is 2.39. The first-order valence-corrected chi connectivity index (χ1v) is 5.71. The van der Waals surface area contributed by atoms with Gasteiger partial charge in [-0.1, -0.05) is 12.1 Å². The van der Waals surface area contributed by atoms with Crippen molar-refractivity contribution in [3.63, 3.8) is 0 Å². The Balaban J connectivity index is 2.72. The lowest BCUT2D eigenvalue weighted by Crippen LogP contribution is -2.40. The van der Waals surface area contributed by atoms with Crippen LogP contribution in [0, 0.1) is 0 Å². The average molecular weight is 225 g/mol. The van der Waals surface area contributed by atoms with Crippen LogP contribution in [0.15, 0.2) is 29.2 Å². The summed E-state index contributed by atoms with van der Waals surface area (Å²) in [7, 11) is -3.86. The van der Waals surface area contributed by atoms with Gasteiger partial charge in [0.15, 0.2) is 15.1 Å². The zero-order chi connectivity index (χ0) is 11.1. The summed E-state index contributed by atoms with van der Waals surface area (Å²) in [5, 5.41) is 0.735. The summed E-state index contributed by atoms with van der Waals surface area (Å²) < 4.78 is 23.5. The summed E-state index contributed by atoms with van der Waals surface area (Å²) in [5.74, 6) is -0.802. The molecular formula is C9H7NO4S. The summed E-state index contributed by atoms with van der Waals surface area (Å²) in [4.78, 5) is 21.8. The summed E-state index contributed by atoms with van der Waals surface area (Å²) in [6.07, 6.45) is 0.139. The van der Waals surface area contributed by atoms with Gasteiger partial charge in [-0.25, -0.2) is 8.42 Å². The highest BCUT2D eigenvalue weighted by atomic mass is 32.2. The number of carbonyl (C=O) groups excluding carboxylic acids is 2. The van der Waals surface area contributed by atoms with Gasteiger partial charge in [0, 0.05) is 0 Å². The first kappa shape index (κ1) is 9.85. The SMILES string of the molecule is O=CC1C(=O)Nc2ccccc2S1(=O)=O. The summed E-state index contributed by atoms with van der Waals surface area (Å²) in [6.45, 7) is 0. The van der Waals surface area contributed by atoms with Crippen LogP contribution < -0.4 is 5.32 Å². The summed E-state index contributed by atoms with van der Waals surface area (Å²) in [5.41, 5.74) is 0.223. The number of anilines is 1. The van der Waals surface area contributed by atoms with E-state index in [1.54, 1.807) is 6.07 Å². The molecule has 15 heavy (non-hydrogen) atoms. The third-order valence-corrected chi connectivity index (χ3v) is 4.13. The number of nitrogens with one attached hydrogen (secondary N) is 1. The number of sulfone groups is 1. The number of fused-ring (bicyclic) bond motifs is 1. The van der Waals surface area contributed by atoms with Gasteiger partial charge in [0.25, 0.3) is 0 Å². The van der Waals surface area contributed by atoms with Crippen LogP contribution in [0.5, 0.6) is 0 Å². The van der Waals surface area contributed by atoms with Crippen molar-refractivity contribution < 1.29 is 18.0 Å². The van der Waals surface area contributed by atoms with E-state index in [-0.39, 0.29) is 16.9 Å². The molecule has 0 aliphatic carbocycles. The number of rotatable bonds is 1. The zero-order valence-corrected chi connectivity index (χ0v) is 8.32. The van der Waals surface area contributed by atoms with Crippen LogP contribution in [0.3, 0.4) is 0 Å². The van der Waals surface area contributed by atoms with E-state index in [0.717, 1.165) is 0 Å². The third kappa shape index (κ3) is 1.33. The maximum Gasteiger partial charge on any atom is 0.250 e. The van der Waals surface area contributed by atoms with Crippen molar-refractivity contribution in [2.75, 3.05) is 5.32 Å². The van der Waals surface area contributed by atoms with E-state index in [0.29, 0.717) is 0 Å². The molecule has 1 amide bonds. The lowest BCUT2D eigenvalue weighted by molar-refractivity contribution is -0.119. The maximum absolute atomic E-state index is 11.8.